The summed E-state index contributed by atoms with van der Waals surface area (Å²) in [7, 11) is 0. The molecule has 5 heterocycles. The van der Waals surface area contributed by atoms with Crippen molar-refractivity contribution >= 4 is 17.2 Å². The minimum Gasteiger partial charge on any atom is -0.381 e. The molecule has 2 aromatic rings. The van der Waals surface area contributed by atoms with Crippen LogP contribution in [0.2, 0.25) is 0 Å². The van der Waals surface area contributed by atoms with Gasteiger partial charge in [0.25, 0.3) is 0 Å². The van der Waals surface area contributed by atoms with Crippen molar-refractivity contribution in [2.45, 2.75) is 44.4 Å². The topological polar surface area (TPSA) is 56.6 Å². The van der Waals surface area contributed by atoms with Gasteiger partial charge < -0.3 is 18.9 Å². The number of rotatable bonds is 2. The largest absolute Gasteiger partial charge is 0.381 e. The van der Waals surface area contributed by atoms with E-state index in [1.54, 1.807) is 11.3 Å². The number of piperidine rings is 1. The number of imidazole rings is 1. The summed E-state index contributed by atoms with van der Waals surface area (Å²) in [5.74, 6) is 1.31. The monoisotopic (exact) mass is 387 g/mol. The van der Waals surface area contributed by atoms with E-state index in [1.165, 1.54) is 11.3 Å². The van der Waals surface area contributed by atoms with Gasteiger partial charge in [0, 0.05) is 30.6 Å². The van der Waals surface area contributed by atoms with E-state index in [0.29, 0.717) is 13.2 Å². The lowest BCUT2D eigenvalue weighted by Gasteiger charge is -2.46. The van der Waals surface area contributed by atoms with Crippen LogP contribution < -0.4 is 0 Å². The van der Waals surface area contributed by atoms with E-state index in [-0.39, 0.29) is 23.5 Å². The summed E-state index contributed by atoms with van der Waals surface area (Å²) in [6, 6.07) is 2.15. The normalized spacial score (nSPS) is 27.1. The molecule has 2 aromatic heterocycles. The summed E-state index contributed by atoms with van der Waals surface area (Å²) in [4.78, 5) is 19.3. The molecule has 144 valence electrons. The average molecular weight is 388 g/mol. The van der Waals surface area contributed by atoms with Gasteiger partial charge in [-0.25, -0.2) is 4.98 Å². The minimum atomic E-state index is -0.207. The third-order valence-electron chi connectivity index (χ3n) is 6.21. The third kappa shape index (κ3) is 3.02. The molecule has 7 heteroatoms. The van der Waals surface area contributed by atoms with Gasteiger partial charge in [-0.05, 0) is 37.6 Å². The number of fused-ring (bicyclic) bond motifs is 1. The number of hydrogen-bond acceptors (Lipinski definition) is 5. The van der Waals surface area contributed by atoms with Crippen molar-refractivity contribution in [3.63, 3.8) is 0 Å². The Bertz CT molecular complexity index is 818. The molecule has 0 aromatic carbocycles. The molecule has 6 nitrogen and oxygen atoms in total. The first-order chi connectivity index (χ1) is 13.2. The van der Waals surface area contributed by atoms with Crippen LogP contribution in [0.15, 0.2) is 23.0 Å². The van der Waals surface area contributed by atoms with Gasteiger partial charge in [-0.3, -0.25) is 4.79 Å². The first kappa shape index (κ1) is 17.4. The van der Waals surface area contributed by atoms with Crippen LogP contribution in [0, 0.1) is 5.92 Å². The highest BCUT2D eigenvalue weighted by Crippen LogP contribution is 2.40. The summed E-state index contributed by atoms with van der Waals surface area (Å²) in [6.07, 6.45) is 4.54. The van der Waals surface area contributed by atoms with Crippen LogP contribution in [0.1, 0.15) is 38.1 Å². The number of amides is 1. The lowest BCUT2D eigenvalue weighted by Crippen LogP contribution is -2.53. The highest BCUT2D eigenvalue weighted by molar-refractivity contribution is 7.08. The van der Waals surface area contributed by atoms with Gasteiger partial charge in [0.1, 0.15) is 11.9 Å². The Kier molecular flexibility index (Phi) is 4.33. The SMILES string of the molecule is CC1OC2(CCN(C(=O)C3CCOC3)CC2)Cn2c(-c3ccsc3)cnc21. The van der Waals surface area contributed by atoms with E-state index in [2.05, 4.69) is 33.3 Å². The molecular formula is C20H25N3O3S. The zero-order valence-electron chi connectivity index (χ0n) is 15.6. The van der Waals surface area contributed by atoms with Crippen LogP contribution in [0.5, 0.6) is 0 Å². The first-order valence-electron chi connectivity index (χ1n) is 9.78. The maximum absolute atomic E-state index is 12.7. The van der Waals surface area contributed by atoms with Gasteiger partial charge in [-0.2, -0.15) is 11.3 Å². The highest BCUT2D eigenvalue weighted by Gasteiger charge is 2.44. The fraction of sp³-hybridized carbons (Fsp3) is 0.600. The smallest absolute Gasteiger partial charge is 0.228 e. The van der Waals surface area contributed by atoms with E-state index in [9.17, 15) is 4.79 Å². The van der Waals surface area contributed by atoms with Gasteiger partial charge in [-0.15, -0.1) is 0 Å². The lowest BCUT2D eigenvalue weighted by molar-refractivity contribution is -0.159. The molecular weight excluding hydrogens is 362 g/mol. The summed E-state index contributed by atoms with van der Waals surface area (Å²) < 4.78 is 14.2. The van der Waals surface area contributed by atoms with Crippen molar-refractivity contribution in [3.8, 4) is 11.3 Å². The molecule has 0 aliphatic carbocycles. The Morgan fingerprint density at radius 2 is 2.22 bits per heavy atom. The number of ether oxygens (including phenoxy) is 2. The molecule has 1 spiro atoms. The van der Waals surface area contributed by atoms with Gasteiger partial charge in [-0.1, -0.05) is 0 Å². The van der Waals surface area contributed by atoms with E-state index in [1.807, 2.05) is 11.1 Å². The molecule has 3 aliphatic heterocycles. The molecule has 3 aliphatic rings. The van der Waals surface area contributed by atoms with Crippen LogP contribution in [0.4, 0.5) is 0 Å². The number of likely N-dealkylation sites (tertiary alicyclic amines) is 1. The molecule has 27 heavy (non-hydrogen) atoms. The van der Waals surface area contributed by atoms with Crippen LogP contribution in [-0.2, 0) is 20.8 Å². The molecule has 1 amide bonds. The van der Waals surface area contributed by atoms with Crippen molar-refractivity contribution in [1.29, 1.82) is 0 Å². The Hall–Kier alpha value is -1.70. The molecule has 2 saturated heterocycles. The van der Waals surface area contributed by atoms with E-state index < -0.39 is 0 Å². The van der Waals surface area contributed by atoms with E-state index in [0.717, 1.165) is 44.7 Å². The predicted molar refractivity (Wildman–Crippen MR) is 103 cm³/mol. The second-order valence-electron chi connectivity index (χ2n) is 7.93. The van der Waals surface area contributed by atoms with Crippen LogP contribution in [0.25, 0.3) is 11.3 Å². The summed E-state index contributed by atoms with van der Waals surface area (Å²) in [5, 5.41) is 4.27. The maximum Gasteiger partial charge on any atom is 0.228 e. The summed E-state index contributed by atoms with van der Waals surface area (Å²) in [6.45, 7) is 5.72. The van der Waals surface area contributed by atoms with Gasteiger partial charge >= 0.3 is 0 Å². The second-order valence-corrected chi connectivity index (χ2v) is 8.71. The molecule has 2 fully saturated rings. The second kappa shape index (κ2) is 6.72. The fourth-order valence-corrected chi connectivity index (χ4v) is 5.32. The minimum absolute atomic E-state index is 0.0309. The zero-order chi connectivity index (χ0) is 18.4. The quantitative estimate of drug-likeness (QED) is 0.795. The average Bonchev–Trinajstić information content (AvgIpc) is 3.42. The van der Waals surface area contributed by atoms with Crippen molar-refractivity contribution in [2.24, 2.45) is 5.92 Å². The van der Waals surface area contributed by atoms with E-state index >= 15 is 0 Å². The van der Waals surface area contributed by atoms with Crippen molar-refractivity contribution in [3.05, 3.63) is 28.8 Å². The number of hydrogen-bond donors (Lipinski definition) is 0. The molecule has 0 radical (unpaired) electrons. The van der Waals surface area contributed by atoms with Gasteiger partial charge in [0.05, 0.1) is 36.6 Å². The zero-order valence-corrected chi connectivity index (χ0v) is 16.4. The lowest BCUT2D eigenvalue weighted by atomic mass is 9.88. The predicted octanol–water partition coefficient (Wildman–Crippen LogP) is 3.10. The standard InChI is InChI=1S/C20H25N3O3S/c1-14-18-21-10-17(16-3-9-27-12-16)23(18)13-20(26-14)4-6-22(7-5-20)19(24)15-2-8-25-11-15/h3,9-10,12,14-15H,2,4-8,11,13H2,1H3. The molecule has 5 rings (SSSR count). The van der Waals surface area contributed by atoms with Crippen LogP contribution >= 0.6 is 11.3 Å². The molecule has 2 unspecified atom stereocenters. The summed E-state index contributed by atoms with van der Waals surface area (Å²) >= 11 is 1.71. The molecule has 0 bridgehead atoms. The van der Waals surface area contributed by atoms with Crippen LogP contribution in [0.3, 0.4) is 0 Å². The molecule has 2 atom stereocenters. The summed E-state index contributed by atoms with van der Waals surface area (Å²) in [5.41, 5.74) is 2.18. The van der Waals surface area contributed by atoms with Crippen molar-refractivity contribution in [2.75, 3.05) is 26.3 Å². The number of thiophene rings is 1. The van der Waals surface area contributed by atoms with Crippen molar-refractivity contribution < 1.29 is 14.3 Å². The Balaban J connectivity index is 1.34. The number of nitrogens with zero attached hydrogens (tertiary/aromatic N) is 3. The Morgan fingerprint density at radius 1 is 1.37 bits per heavy atom. The number of carbonyl (C=O) groups is 1. The Morgan fingerprint density at radius 3 is 2.93 bits per heavy atom. The van der Waals surface area contributed by atoms with Crippen molar-refractivity contribution in [1.82, 2.24) is 14.5 Å². The Labute approximate surface area is 163 Å². The van der Waals surface area contributed by atoms with Gasteiger partial charge in [0.15, 0.2) is 0 Å². The fourth-order valence-electron chi connectivity index (χ4n) is 4.67. The first-order valence-corrected chi connectivity index (χ1v) is 10.7. The maximum atomic E-state index is 12.7. The number of carbonyl (C=O) groups excluding carboxylic acids is 1. The van der Waals surface area contributed by atoms with E-state index in [4.69, 9.17) is 9.47 Å². The third-order valence-corrected chi connectivity index (χ3v) is 6.89. The molecule has 0 saturated carbocycles. The highest BCUT2D eigenvalue weighted by atomic mass is 32.1. The number of aromatic nitrogens is 2. The molecule has 0 N–H and O–H groups in total. The van der Waals surface area contributed by atoms with Gasteiger partial charge in [0.2, 0.25) is 5.91 Å². The van der Waals surface area contributed by atoms with Crippen LogP contribution in [-0.4, -0.2) is 52.3 Å².